The zero-order valence-electron chi connectivity index (χ0n) is 16.6. The van der Waals surface area contributed by atoms with Crippen LogP contribution in [0.3, 0.4) is 0 Å². The quantitative estimate of drug-likeness (QED) is 0.793. The molecule has 152 valence electrons. The Balaban J connectivity index is 1.52. The molecule has 3 atom stereocenters. The van der Waals surface area contributed by atoms with Gasteiger partial charge in [0.2, 0.25) is 0 Å². The maximum absolute atomic E-state index is 13.5. The van der Waals surface area contributed by atoms with Crippen LogP contribution in [0.2, 0.25) is 0 Å². The SMILES string of the molecule is N#C[C@@H]1[C@@H](c2ccc(C#CC3CCCC3)cc2)[C@H](CO)N1C(=O)c1cccc(F)c1. The minimum Gasteiger partial charge on any atom is -0.394 e. The molecule has 1 N–H and O–H groups in total. The molecule has 30 heavy (non-hydrogen) atoms. The first kappa shape index (κ1) is 20.1. The molecule has 0 bridgehead atoms. The molecule has 1 aliphatic heterocycles. The van der Waals surface area contributed by atoms with Crippen molar-refractivity contribution in [2.24, 2.45) is 5.92 Å². The third-order valence-electron chi connectivity index (χ3n) is 6.11. The van der Waals surface area contributed by atoms with Crippen molar-refractivity contribution >= 4 is 5.91 Å². The Morgan fingerprint density at radius 3 is 2.53 bits per heavy atom. The van der Waals surface area contributed by atoms with E-state index in [-0.39, 0.29) is 18.1 Å². The van der Waals surface area contributed by atoms with Crippen molar-refractivity contribution < 1.29 is 14.3 Å². The van der Waals surface area contributed by atoms with Crippen LogP contribution in [0.25, 0.3) is 0 Å². The Morgan fingerprint density at radius 1 is 1.17 bits per heavy atom. The lowest BCUT2D eigenvalue weighted by molar-refractivity contribution is -0.00588. The standard InChI is InChI=1S/C25H23FN2O2/c26-21-7-3-6-20(14-21)25(30)28-22(15-27)24(23(28)16-29)19-12-10-18(11-13-19)9-8-17-4-1-2-5-17/h3,6-7,10-14,17,22-24,29H,1-2,4-5,16H2/t22-,23+,24-/m1/s1. The third kappa shape index (κ3) is 3.82. The van der Waals surface area contributed by atoms with Gasteiger partial charge in [-0.15, -0.1) is 0 Å². The van der Waals surface area contributed by atoms with E-state index in [9.17, 15) is 19.6 Å². The number of nitriles is 1. The van der Waals surface area contributed by atoms with Crippen molar-refractivity contribution in [1.82, 2.24) is 4.90 Å². The molecule has 1 saturated heterocycles. The highest BCUT2D eigenvalue weighted by Crippen LogP contribution is 2.41. The minimum absolute atomic E-state index is 0.171. The van der Waals surface area contributed by atoms with Gasteiger partial charge < -0.3 is 10.0 Å². The van der Waals surface area contributed by atoms with Crippen molar-refractivity contribution in [2.45, 2.75) is 43.7 Å². The summed E-state index contributed by atoms with van der Waals surface area (Å²) >= 11 is 0. The van der Waals surface area contributed by atoms with Crippen molar-refractivity contribution in [1.29, 1.82) is 5.26 Å². The van der Waals surface area contributed by atoms with E-state index in [0.717, 1.165) is 17.2 Å². The summed E-state index contributed by atoms with van der Waals surface area (Å²) in [6.45, 7) is -0.271. The first-order chi connectivity index (χ1) is 14.6. The van der Waals surface area contributed by atoms with Gasteiger partial charge in [0.15, 0.2) is 0 Å². The highest BCUT2D eigenvalue weighted by atomic mass is 19.1. The Kier molecular flexibility index (Phi) is 5.84. The number of hydrogen-bond donors (Lipinski definition) is 1. The van der Waals surface area contributed by atoms with E-state index >= 15 is 0 Å². The lowest BCUT2D eigenvalue weighted by Gasteiger charge is -2.51. The molecule has 0 spiro atoms. The highest BCUT2D eigenvalue weighted by molar-refractivity contribution is 5.95. The van der Waals surface area contributed by atoms with E-state index in [0.29, 0.717) is 5.92 Å². The van der Waals surface area contributed by atoms with Crippen LogP contribution in [0.5, 0.6) is 0 Å². The number of benzene rings is 2. The van der Waals surface area contributed by atoms with E-state index in [1.807, 2.05) is 24.3 Å². The van der Waals surface area contributed by atoms with E-state index in [4.69, 9.17) is 0 Å². The van der Waals surface area contributed by atoms with Gasteiger partial charge in [-0.2, -0.15) is 5.26 Å². The summed E-state index contributed by atoms with van der Waals surface area (Å²) in [5, 5.41) is 19.6. The normalized spacial score (nSPS) is 23.2. The largest absolute Gasteiger partial charge is 0.394 e. The van der Waals surface area contributed by atoms with Gasteiger partial charge in [-0.3, -0.25) is 4.79 Å². The molecule has 5 heteroatoms. The summed E-state index contributed by atoms with van der Waals surface area (Å²) in [7, 11) is 0. The van der Waals surface area contributed by atoms with Crippen molar-refractivity contribution in [3.8, 4) is 17.9 Å². The number of halogens is 1. The molecule has 1 heterocycles. The van der Waals surface area contributed by atoms with Gasteiger partial charge in [-0.1, -0.05) is 42.9 Å². The maximum Gasteiger partial charge on any atom is 0.255 e. The van der Waals surface area contributed by atoms with Gasteiger partial charge in [0, 0.05) is 23.0 Å². The molecule has 2 aromatic rings. The topological polar surface area (TPSA) is 64.3 Å². The summed E-state index contributed by atoms with van der Waals surface area (Å²) in [5.41, 5.74) is 1.98. The molecule has 0 aromatic heterocycles. The molecule has 2 fully saturated rings. The van der Waals surface area contributed by atoms with Crippen LogP contribution in [-0.2, 0) is 0 Å². The second-order valence-corrected chi connectivity index (χ2v) is 7.95. The number of amides is 1. The number of hydrogen-bond acceptors (Lipinski definition) is 3. The fraction of sp³-hybridized carbons (Fsp3) is 0.360. The van der Waals surface area contributed by atoms with Crippen molar-refractivity contribution in [3.63, 3.8) is 0 Å². The Bertz CT molecular complexity index is 1030. The van der Waals surface area contributed by atoms with Crippen LogP contribution in [-0.4, -0.2) is 34.6 Å². The maximum atomic E-state index is 13.5. The van der Waals surface area contributed by atoms with E-state index in [2.05, 4.69) is 17.9 Å². The van der Waals surface area contributed by atoms with E-state index in [1.165, 1.54) is 48.8 Å². The fourth-order valence-electron chi connectivity index (χ4n) is 4.50. The molecule has 2 aliphatic rings. The van der Waals surface area contributed by atoms with Gasteiger partial charge in [-0.25, -0.2) is 4.39 Å². The molecule has 0 radical (unpaired) electrons. The number of carbonyl (C=O) groups excluding carboxylic acids is 1. The van der Waals surface area contributed by atoms with Crippen molar-refractivity contribution in [2.75, 3.05) is 6.61 Å². The molecule has 1 saturated carbocycles. The number of carbonyl (C=O) groups is 1. The average Bonchev–Trinajstić information content (AvgIpc) is 3.27. The first-order valence-electron chi connectivity index (χ1n) is 10.3. The molecule has 4 rings (SSSR count). The number of rotatable bonds is 3. The van der Waals surface area contributed by atoms with Gasteiger partial charge in [0.1, 0.15) is 11.9 Å². The summed E-state index contributed by atoms with van der Waals surface area (Å²) in [6.07, 6.45) is 4.85. The van der Waals surface area contributed by atoms with Crippen LogP contribution in [0.4, 0.5) is 4.39 Å². The predicted octanol–water partition coefficient (Wildman–Crippen LogP) is 3.86. The number of aliphatic hydroxyl groups excluding tert-OH is 1. The summed E-state index contributed by atoms with van der Waals surface area (Å²) in [4.78, 5) is 14.2. The molecule has 2 aromatic carbocycles. The monoisotopic (exact) mass is 402 g/mol. The second kappa shape index (κ2) is 8.69. The highest BCUT2D eigenvalue weighted by Gasteiger charge is 2.51. The molecule has 0 unspecified atom stereocenters. The smallest absolute Gasteiger partial charge is 0.255 e. The Labute approximate surface area is 175 Å². The number of aliphatic hydroxyl groups is 1. The third-order valence-corrected chi connectivity index (χ3v) is 6.11. The van der Waals surface area contributed by atoms with Crippen LogP contribution >= 0.6 is 0 Å². The predicted molar refractivity (Wildman–Crippen MR) is 111 cm³/mol. The van der Waals surface area contributed by atoms with Crippen LogP contribution < -0.4 is 0 Å². The first-order valence-corrected chi connectivity index (χ1v) is 10.3. The van der Waals surface area contributed by atoms with Gasteiger partial charge in [-0.05, 0) is 48.7 Å². The molecule has 1 aliphatic carbocycles. The van der Waals surface area contributed by atoms with Crippen LogP contribution in [0.1, 0.15) is 53.1 Å². The minimum atomic E-state index is -0.714. The Morgan fingerprint density at radius 2 is 1.90 bits per heavy atom. The van der Waals surface area contributed by atoms with Crippen LogP contribution in [0, 0.1) is 34.9 Å². The van der Waals surface area contributed by atoms with Gasteiger partial charge in [0.05, 0.1) is 18.7 Å². The zero-order chi connectivity index (χ0) is 21.1. The fourth-order valence-corrected chi connectivity index (χ4v) is 4.50. The zero-order valence-corrected chi connectivity index (χ0v) is 16.6. The molecule has 4 nitrogen and oxygen atoms in total. The average molecular weight is 402 g/mol. The van der Waals surface area contributed by atoms with Crippen molar-refractivity contribution in [3.05, 3.63) is 71.0 Å². The lowest BCUT2D eigenvalue weighted by atomic mass is 9.75. The summed E-state index contributed by atoms with van der Waals surface area (Å²) in [5.74, 6) is 5.79. The summed E-state index contributed by atoms with van der Waals surface area (Å²) < 4.78 is 13.5. The summed E-state index contributed by atoms with van der Waals surface area (Å²) in [6, 6.07) is 14.0. The number of likely N-dealkylation sites (tertiary alicyclic amines) is 1. The lowest BCUT2D eigenvalue weighted by Crippen LogP contribution is -2.65. The van der Waals surface area contributed by atoms with E-state index in [1.54, 1.807) is 0 Å². The van der Waals surface area contributed by atoms with Crippen LogP contribution in [0.15, 0.2) is 48.5 Å². The Hall–Kier alpha value is -3.15. The van der Waals surface area contributed by atoms with Gasteiger partial charge >= 0.3 is 0 Å². The molecular formula is C25H23FN2O2. The molecular weight excluding hydrogens is 379 g/mol. The van der Waals surface area contributed by atoms with E-state index < -0.39 is 23.8 Å². The second-order valence-electron chi connectivity index (χ2n) is 7.95. The molecule has 1 amide bonds. The van der Waals surface area contributed by atoms with Gasteiger partial charge in [0.25, 0.3) is 5.91 Å². The number of nitrogens with zero attached hydrogens (tertiary/aromatic N) is 2.